The molecule has 1 N–H and O–H groups in total. The molecule has 100 valence electrons. The Morgan fingerprint density at radius 1 is 1.50 bits per heavy atom. The molecule has 1 aromatic heterocycles. The first-order valence-electron chi connectivity index (χ1n) is 6.25. The van der Waals surface area contributed by atoms with Crippen LogP contribution in [0.3, 0.4) is 0 Å². The van der Waals surface area contributed by atoms with E-state index in [9.17, 15) is 8.42 Å². The van der Waals surface area contributed by atoms with Gasteiger partial charge in [0.2, 0.25) is 10.0 Å². The maximum Gasteiger partial charge on any atom is 0.246 e. The normalized spacial score (nSPS) is 15.9. The third kappa shape index (κ3) is 2.49. The first-order valence-corrected chi connectivity index (χ1v) is 7.69. The second-order valence-corrected chi connectivity index (χ2v) is 6.33. The van der Waals surface area contributed by atoms with Crippen LogP contribution >= 0.6 is 0 Å². The van der Waals surface area contributed by atoms with Gasteiger partial charge in [-0.3, -0.25) is 4.98 Å². The van der Waals surface area contributed by atoms with Gasteiger partial charge >= 0.3 is 0 Å². The van der Waals surface area contributed by atoms with Crippen molar-refractivity contribution in [3.8, 4) is 0 Å². The highest BCUT2D eigenvalue weighted by Gasteiger charge is 2.38. The highest BCUT2D eigenvalue weighted by Crippen LogP contribution is 2.33. The number of aromatic nitrogens is 1. The number of nitrogens with one attached hydrogen (secondary N) is 1. The monoisotopic (exact) mass is 269 g/mol. The van der Waals surface area contributed by atoms with E-state index < -0.39 is 10.0 Å². The molecule has 0 spiro atoms. The zero-order chi connectivity index (χ0) is 13.2. The number of anilines is 1. The van der Waals surface area contributed by atoms with Crippen molar-refractivity contribution in [1.82, 2.24) is 9.29 Å². The van der Waals surface area contributed by atoms with Crippen LogP contribution in [-0.4, -0.2) is 37.3 Å². The number of hydrogen-bond acceptors (Lipinski definition) is 4. The molecule has 6 heteroatoms. The predicted octanol–water partition coefficient (Wildman–Crippen LogP) is 1.69. The van der Waals surface area contributed by atoms with Crippen molar-refractivity contribution in [3.63, 3.8) is 0 Å². The van der Waals surface area contributed by atoms with Gasteiger partial charge in [-0.1, -0.05) is 6.92 Å². The fourth-order valence-electron chi connectivity index (χ4n) is 2.00. The summed E-state index contributed by atoms with van der Waals surface area (Å²) in [5.41, 5.74) is 0.603. The smallest absolute Gasteiger partial charge is 0.246 e. The summed E-state index contributed by atoms with van der Waals surface area (Å²) in [6.07, 6.45) is 5.77. The van der Waals surface area contributed by atoms with Crippen molar-refractivity contribution in [2.24, 2.45) is 0 Å². The van der Waals surface area contributed by atoms with E-state index in [-0.39, 0.29) is 10.9 Å². The first-order chi connectivity index (χ1) is 8.61. The van der Waals surface area contributed by atoms with Gasteiger partial charge in [0, 0.05) is 32.0 Å². The van der Waals surface area contributed by atoms with Gasteiger partial charge in [0.15, 0.2) is 0 Å². The van der Waals surface area contributed by atoms with E-state index in [4.69, 9.17) is 0 Å². The predicted molar refractivity (Wildman–Crippen MR) is 71.0 cm³/mol. The third-order valence-electron chi connectivity index (χ3n) is 3.04. The Morgan fingerprint density at radius 2 is 2.22 bits per heavy atom. The maximum absolute atomic E-state index is 12.6. The molecule has 1 aromatic rings. The summed E-state index contributed by atoms with van der Waals surface area (Å²) in [5.74, 6) is 0. The second kappa shape index (κ2) is 5.24. The maximum atomic E-state index is 12.6. The van der Waals surface area contributed by atoms with Gasteiger partial charge in [-0.15, -0.1) is 0 Å². The fraction of sp³-hybridized carbons (Fsp3) is 0.583. The Hall–Kier alpha value is -1.14. The van der Waals surface area contributed by atoms with Crippen LogP contribution in [0.4, 0.5) is 5.69 Å². The first kappa shape index (κ1) is 13.3. The van der Waals surface area contributed by atoms with Crippen molar-refractivity contribution in [3.05, 3.63) is 18.5 Å². The molecule has 0 aromatic carbocycles. The van der Waals surface area contributed by atoms with Crippen LogP contribution in [0.5, 0.6) is 0 Å². The molecular weight excluding hydrogens is 250 g/mol. The van der Waals surface area contributed by atoms with E-state index in [1.807, 2.05) is 6.92 Å². The van der Waals surface area contributed by atoms with Crippen LogP contribution in [0.15, 0.2) is 23.4 Å². The fourth-order valence-corrected chi connectivity index (χ4v) is 3.92. The lowest BCUT2D eigenvalue weighted by molar-refractivity contribution is 0.403. The zero-order valence-electron chi connectivity index (χ0n) is 10.8. The Balaban J connectivity index is 2.39. The van der Waals surface area contributed by atoms with Crippen LogP contribution < -0.4 is 5.32 Å². The molecule has 1 aliphatic rings. The van der Waals surface area contributed by atoms with Gasteiger partial charge in [0.05, 0.1) is 5.69 Å². The quantitative estimate of drug-likeness (QED) is 0.853. The molecule has 0 amide bonds. The molecule has 1 aliphatic carbocycles. The summed E-state index contributed by atoms with van der Waals surface area (Å²) in [7, 11) is -1.72. The number of nitrogens with zero attached hydrogens (tertiary/aromatic N) is 2. The van der Waals surface area contributed by atoms with Crippen molar-refractivity contribution < 1.29 is 8.42 Å². The van der Waals surface area contributed by atoms with E-state index in [0.29, 0.717) is 12.2 Å². The van der Waals surface area contributed by atoms with E-state index in [2.05, 4.69) is 10.3 Å². The third-order valence-corrected chi connectivity index (χ3v) is 5.02. The van der Waals surface area contributed by atoms with Crippen molar-refractivity contribution in [1.29, 1.82) is 0 Å². The van der Waals surface area contributed by atoms with E-state index >= 15 is 0 Å². The topological polar surface area (TPSA) is 62.3 Å². The summed E-state index contributed by atoms with van der Waals surface area (Å²) in [5, 5.41) is 2.91. The summed E-state index contributed by atoms with van der Waals surface area (Å²) >= 11 is 0. The van der Waals surface area contributed by atoms with E-state index in [1.54, 1.807) is 23.6 Å². The van der Waals surface area contributed by atoms with Gasteiger partial charge in [0.1, 0.15) is 4.90 Å². The molecule has 18 heavy (non-hydrogen) atoms. The molecule has 0 radical (unpaired) electrons. The largest absolute Gasteiger partial charge is 0.387 e. The molecular formula is C12H19N3O2S. The van der Waals surface area contributed by atoms with Crippen molar-refractivity contribution in [2.45, 2.75) is 37.1 Å². The minimum Gasteiger partial charge on any atom is -0.387 e. The van der Waals surface area contributed by atoms with Crippen LogP contribution in [0.2, 0.25) is 0 Å². The second-order valence-electron chi connectivity index (χ2n) is 4.47. The van der Waals surface area contributed by atoms with Gasteiger partial charge in [0.25, 0.3) is 0 Å². The number of sulfonamides is 1. The van der Waals surface area contributed by atoms with Crippen LogP contribution in [0, 0.1) is 0 Å². The number of pyridine rings is 1. The Kier molecular flexibility index (Phi) is 3.87. The minimum absolute atomic E-state index is 0.180. The zero-order valence-corrected chi connectivity index (χ0v) is 11.6. The Labute approximate surface area is 108 Å². The summed E-state index contributed by atoms with van der Waals surface area (Å²) in [4.78, 5) is 4.21. The molecule has 1 saturated carbocycles. The lowest BCUT2D eigenvalue weighted by atomic mass is 10.4. The molecule has 0 atom stereocenters. The van der Waals surface area contributed by atoms with Crippen LogP contribution in [0.1, 0.15) is 26.2 Å². The van der Waals surface area contributed by atoms with Crippen LogP contribution in [-0.2, 0) is 10.0 Å². The molecule has 1 fully saturated rings. The average Bonchev–Trinajstić information content (AvgIpc) is 3.19. The SMILES string of the molecule is CCCN(C1CC1)S(=O)(=O)c1cnccc1NC. The van der Waals surface area contributed by atoms with Gasteiger partial charge in [-0.25, -0.2) is 8.42 Å². The molecule has 0 bridgehead atoms. The van der Waals surface area contributed by atoms with Crippen molar-refractivity contribution >= 4 is 15.7 Å². The van der Waals surface area contributed by atoms with Crippen molar-refractivity contribution in [2.75, 3.05) is 18.9 Å². The van der Waals surface area contributed by atoms with Gasteiger partial charge in [-0.05, 0) is 25.3 Å². The highest BCUT2D eigenvalue weighted by molar-refractivity contribution is 7.89. The lowest BCUT2D eigenvalue weighted by Crippen LogP contribution is -2.34. The molecule has 1 heterocycles. The molecule has 0 unspecified atom stereocenters. The molecule has 0 saturated heterocycles. The lowest BCUT2D eigenvalue weighted by Gasteiger charge is -2.22. The summed E-state index contributed by atoms with van der Waals surface area (Å²) in [6, 6.07) is 1.86. The Morgan fingerprint density at radius 3 is 2.78 bits per heavy atom. The average molecular weight is 269 g/mol. The van der Waals surface area contributed by atoms with Crippen LogP contribution in [0.25, 0.3) is 0 Å². The van der Waals surface area contributed by atoms with E-state index in [0.717, 1.165) is 19.3 Å². The molecule has 2 rings (SSSR count). The number of hydrogen-bond donors (Lipinski definition) is 1. The van der Waals surface area contributed by atoms with Gasteiger partial charge in [-0.2, -0.15) is 4.31 Å². The minimum atomic E-state index is -3.43. The standard InChI is InChI=1S/C12H19N3O2S/c1-3-8-15(10-4-5-10)18(16,17)12-9-14-7-6-11(12)13-2/h6-7,9-10H,3-5,8H2,1-2H3,(H,13,14). The Bertz CT molecular complexity index is 512. The summed E-state index contributed by atoms with van der Waals surface area (Å²) < 4.78 is 26.9. The van der Waals surface area contributed by atoms with Gasteiger partial charge < -0.3 is 5.32 Å². The number of rotatable bonds is 6. The van der Waals surface area contributed by atoms with E-state index in [1.165, 1.54) is 6.20 Å². The molecule has 0 aliphatic heterocycles. The summed E-state index contributed by atoms with van der Waals surface area (Å²) in [6.45, 7) is 2.57. The highest BCUT2D eigenvalue weighted by atomic mass is 32.2. The molecule has 5 nitrogen and oxygen atoms in total.